The van der Waals surface area contributed by atoms with E-state index in [9.17, 15) is 0 Å². The van der Waals surface area contributed by atoms with E-state index in [-0.39, 0.29) is 79.5 Å². The Bertz CT molecular complexity index is 219. The van der Waals surface area contributed by atoms with Gasteiger partial charge in [-0.05, 0) is 22.4 Å². The molecule has 0 N–H and O–H groups in total. The summed E-state index contributed by atoms with van der Waals surface area (Å²) in [4.78, 5) is 0. The van der Waals surface area contributed by atoms with Crippen molar-refractivity contribution in [3.8, 4) is 0 Å². The van der Waals surface area contributed by atoms with Crippen LogP contribution in [0.4, 0.5) is 0 Å². The monoisotopic (exact) mass is 376 g/mol. The zero-order valence-corrected chi connectivity index (χ0v) is 15.2. The Morgan fingerprint density at radius 1 is 0.769 bits per heavy atom. The van der Waals surface area contributed by atoms with Gasteiger partial charge in [0.25, 0.3) is 0 Å². The van der Waals surface area contributed by atoms with Crippen molar-refractivity contribution in [3.05, 3.63) is 0 Å². The predicted octanol–water partition coefficient (Wildman–Crippen LogP) is -8.01. The first kappa shape index (κ1) is 29.9. The third-order valence-electron chi connectivity index (χ3n) is 0. The molecule has 0 radical (unpaired) electrons. The summed E-state index contributed by atoms with van der Waals surface area (Å²) >= 11 is 6.49. The van der Waals surface area contributed by atoms with E-state index in [2.05, 4.69) is 22.4 Å². The fourth-order valence-corrected chi connectivity index (χ4v) is 0. The summed E-state index contributed by atoms with van der Waals surface area (Å²) in [7, 11) is -8.67. The first-order valence-electron chi connectivity index (χ1n) is 1.33. The van der Waals surface area contributed by atoms with Crippen LogP contribution in [-0.2, 0) is 60.9 Å². The summed E-state index contributed by atoms with van der Waals surface area (Å²) in [6.45, 7) is 0. The smallest absolute Gasteiger partial charge is 0.780 e. The van der Waals surface area contributed by atoms with E-state index in [0.29, 0.717) is 0 Å². The maximum absolute atomic E-state index is 8.89. The molecule has 0 atom stereocenters. The average molecular weight is 377 g/mol. The van der Waals surface area contributed by atoms with Crippen LogP contribution in [0.25, 0.3) is 0 Å². The van der Waals surface area contributed by atoms with Crippen LogP contribution in [0.1, 0.15) is 0 Å². The van der Waals surface area contributed by atoms with Crippen molar-refractivity contribution in [2.24, 2.45) is 0 Å². The second kappa shape index (κ2) is 13.3. The summed E-state index contributed by atoms with van der Waals surface area (Å²) in [5, 5.41) is 0. The number of rotatable bonds is 0. The van der Waals surface area contributed by atoms with Gasteiger partial charge in [-0.3, -0.25) is 8.42 Å². The zero-order valence-electron chi connectivity index (χ0n) is 6.40. The quantitative estimate of drug-likeness (QED) is 0.382. The van der Waals surface area contributed by atoms with Crippen LogP contribution in [0.2, 0.25) is 0 Å². The standard InChI is InChI=1S/2Na.2H2O3S2.Pd/c;;2*1-5(2,3)4;/h;;2*(H2,1,2,3,4);/q2*+1;;;+2/p-4. The van der Waals surface area contributed by atoms with Crippen molar-refractivity contribution in [1.29, 1.82) is 0 Å². The van der Waals surface area contributed by atoms with E-state index in [1.807, 2.05) is 0 Å². The van der Waals surface area contributed by atoms with Gasteiger partial charge < -0.3 is 18.2 Å². The molecule has 0 aromatic heterocycles. The first-order chi connectivity index (χ1) is 4.00. The molecule has 0 saturated carbocycles. The fraction of sp³-hybridized carbons (Fsp3) is 0. The van der Waals surface area contributed by atoms with Gasteiger partial charge in [0, 0.05) is 0 Å². The molecule has 72 valence electrons. The second-order valence-corrected chi connectivity index (χ2v) is 4.90. The molecule has 0 amide bonds. The normalized spacial score (nSPS) is 8.92. The number of hydrogen-bond acceptors (Lipinski definition) is 8. The fourth-order valence-electron chi connectivity index (χ4n) is 0. The van der Waals surface area contributed by atoms with Gasteiger partial charge in [-0.15, -0.1) is 18.1 Å². The van der Waals surface area contributed by atoms with Gasteiger partial charge in [0.2, 0.25) is 0 Å². The van der Waals surface area contributed by atoms with Crippen LogP contribution >= 0.6 is 0 Å². The van der Waals surface area contributed by atoms with Gasteiger partial charge in [0.1, 0.15) is 0 Å². The molecule has 0 fully saturated rings. The zero-order chi connectivity index (χ0) is 9.00. The maximum Gasteiger partial charge on any atom is 2.00 e. The molecule has 13 heavy (non-hydrogen) atoms. The summed E-state index contributed by atoms with van der Waals surface area (Å²) in [5.74, 6) is 0. The van der Waals surface area contributed by atoms with Crippen LogP contribution in [0, 0.1) is 0 Å². The largest absolute Gasteiger partial charge is 2.00 e. The predicted molar refractivity (Wildman–Crippen MR) is 34.1 cm³/mol. The Kier molecular flexibility index (Phi) is 30.6. The molecule has 0 aromatic rings. The van der Waals surface area contributed by atoms with E-state index in [1.54, 1.807) is 0 Å². The first-order valence-corrected chi connectivity index (χ1v) is 6.00. The van der Waals surface area contributed by atoms with Crippen LogP contribution in [0.5, 0.6) is 0 Å². The molecule has 13 heteroatoms. The van der Waals surface area contributed by atoms with E-state index in [0.717, 1.165) is 0 Å². The van der Waals surface area contributed by atoms with E-state index < -0.39 is 18.1 Å². The van der Waals surface area contributed by atoms with Gasteiger partial charge in [0.05, 0.1) is 0 Å². The topological polar surface area (TPSA) is 126 Å². The molecule has 0 bridgehead atoms. The Balaban J connectivity index is -0.0000000267. The molecule has 0 aliphatic rings. The molecule has 0 aliphatic heterocycles. The second-order valence-electron chi connectivity index (χ2n) is 0.816. The van der Waals surface area contributed by atoms with Crippen molar-refractivity contribution in [3.63, 3.8) is 0 Å². The van der Waals surface area contributed by atoms with Gasteiger partial charge in [-0.1, -0.05) is 0 Å². The van der Waals surface area contributed by atoms with E-state index >= 15 is 0 Å². The number of hydrogen-bond donors (Lipinski definition) is 0. The van der Waals surface area contributed by atoms with Crippen LogP contribution in [0.15, 0.2) is 0 Å². The van der Waals surface area contributed by atoms with Gasteiger partial charge in [0.15, 0.2) is 0 Å². The molecule has 6 nitrogen and oxygen atoms in total. The maximum atomic E-state index is 8.89. The SMILES string of the molecule is O=S([O-])([O-])=S.O=S([O-])([O-])=S.[Na+].[Na+].[Pd+2]. The summed E-state index contributed by atoms with van der Waals surface area (Å²) < 4.78 is 53.3. The molecular formula is Na2O6PdS4. The van der Waals surface area contributed by atoms with Crippen molar-refractivity contribution in [1.82, 2.24) is 0 Å². The van der Waals surface area contributed by atoms with Gasteiger partial charge >= 0.3 is 79.5 Å². The molecule has 0 rings (SSSR count). The average Bonchev–Trinajstić information content (AvgIpc) is 1.12. The van der Waals surface area contributed by atoms with Crippen molar-refractivity contribution < 1.29 is 106 Å². The third-order valence-corrected chi connectivity index (χ3v) is 0. The van der Waals surface area contributed by atoms with Crippen molar-refractivity contribution in [2.45, 2.75) is 0 Å². The Morgan fingerprint density at radius 2 is 0.769 bits per heavy atom. The summed E-state index contributed by atoms with van der Waals surface area (Å²) in [5.41, 5.74) is 0. The van der Waals surface area contributed by atoms with Crippen LogP contribution < -0.4 is 59.1 Å². The third kappa shape index (κ3) is 254. The van der Waals surface area contributed by atoms with Crippen molar-refractivity contribution >= 4 is 40.5 Å². The Labute approximate surface area is 144 Å². The van der Waals surface area contributed by atoms with Gasteiger partial charge in [-0.25, -0.2) is 0 Å². The molecule has 0 heterocycles. The van der Waals surface area contributed by atoms with Crippen molar-refractivity contribution in [2.75, 3.05) is 0 Å². The summed E-state index contributed by atoms with van der Waals surface area (Å²) in [6.07, 6.45) is 0. The van der Waals surface area contributed by atoms with E-state index in [4.69, 9.17) is 26.6 Å². The molecule has 0 aliphatic carbocycles. The Morgan fingerprint density at radius 3 is 0.769 bits per heavy atom. The van der Waals surface area contributed by atoms with Crippen LogP contribution in [-0.4, -0.2) is 26.6 Å². The summed E-state index contributed by atoms with van der Waals surface area (Å²) in [6, 6.07) is 0. The minimum absolute atomic E-state index is 0. The minimum Gasteiger partial charge on any atom is -0.780 e. The molecular weight excluding hydrogens is 377 g/mol. The van der Waals surface area contributed by atoms with E-state index in [1.165, 1.54) is 0 Å². The van der Waals surface area contributed by atoms with Crippen LogP contribution in [0.3, 0.4) is 0 Å². The minimum atomic E-state index is -4.33. The molecule has 0 aromatic carbocycles. The molecule has 0 unspecified atom stereocenters. The van der Waals surface area contributed by atoms with Gasteiger partial charge in [-0.2, -0.15) is 0 Å². The molecule has 0 saturated heterocycles. The Hall–Kier alpha value is 3.24. The molecule has 0 spiro atoms.